The molecule has 1 heterocycles. The number of nitrogens with zero attached hydrogens (tertiary/aromatic N) is 1. The van der Waals surface area contributed by atoms with Crippen molar-refractivity contribution in [1.29, 1.82) is 0 Å². The van der Waals surface area contributed by atoms with Crippen molar-refractivity contribution < 1.29 is 18.7 Å². The minimum atomic E-state index is -0.555. The van der Waals surface area contributed by atoms with Crippen LogP contribution in [0.25, 0.3) is 11.5 Å². The maximum Gasteiger partial charge on any atom is 0.376 e. The van der Waals surface area contributed by atoms with Crippen molar-refractivity contribution in [2.24, 2.45) is 0 Å². The molecule has 1 aromatic heterocycles. The Bertz CT molecular complexity index is 586. The summed E-state index contributed by atoms with van der Waals surface area (Å²) in [5.74, 6) is -0.0787. The zero-order valence-electron chi connectivity index (χ0n) is 11.8. The molecule has 0 N–H and O–H groups in total. The second-order valence-corrected chi connectivity index (χ2v) is 4.27. The number of aromatic nitrogens is 1. The maximum atomic E-state index is 11.6. The highest BCUT2D eigenvalue weighted by molar-refractivity contribution is 5.87. The fourth-order valence-electron chi connectivity index (χ4n) is 1.84. The number of carbonyl (C=O) groups is 1. The number of hydrogen-bond donors (Lipinski definition) is 0. The summed E-state index contributed by atoms with van der Waals surface area (Å²) < 4.78 is 15.2. The van der Waals surface area contributed by atoms with E-state index in [0.717, 1.165) is 12.0 Å². The van der Waals surface area contributed by atoms with Gasteiger partial charge in [-0.05, 0) is 24.1 Å². The quantitative estimate of drug-likeness (QED) is 0.785. The van der Waals surface area contributed by atoms with E-state index >= 15 is 0 Å². The van der Waals surface area contributed by atoms with E-state index in [2.05, 4.69) is 16.6 Å². The first-order chi connectivity index (χ1) is 9.69. The molecule has 0 aliphatic carbocycles. The molecule has 2 aromatic rings. The SMILES string of the molecule is CCc1ccc(-c2nc(COC)c(C(=O)OC)o2)cc1. The molecule has 1 aromatic carbocycles. The molecule has 5 heteroatoms. The Labute approximate surface area is 117 Å². The van der Waals surface area contributed by atoms with Crippen molar-refractivity contribution in [2.45, 2.75) is 20.0 Å². The molecular weight excluding hydrogens is 258 g/mol. The number of oxazole rings is 1. The van der Waals surface area contributed by atoms with Crippen molar-refractivity contribution in [1.82, 2.24) is 4.98 Å². The molecule has 106 valence electrons. The Morgan fingerprint density at radius 1 is 1.25 bits per heavy atom. The number of ether oxygens (including phenoxy) is 2. The Morgan fingerprint density at radius 3 is 2.50 bits per heavy atom. The van der Waals surface area contributed by atoms with Gasteiger partial charge in [-0.2, -0.15) is 0 Å². The van der Waals surface area contributed by atoms with Crippen LogP contribution in [-0.4, -0.2) is 25.2 Å². The summed E-state index contributed by atoms with van der Waals surface area (Å²) in [6.45, 7) is 2.28. The third kappa shape index (κ3) is 2.88. The van der Waals surface area contributed by atoms with Crippen LogP contribution < -0.4 is 0 Å². The van der Waals surface area contributed by atoms with Crippen LogP contribution in [0, 0.1) is 0 Å². The topological polar surface area (TPSA) is 61.6 Å². The number of aryl methyl sites for hydroxylation is 1. The molecule has 0 aliphatic heterocycles. The molecule has 0 spiro atoms. The Kier molecular flexibility index (Phi) is 4.53. The lowest BCUT2D eigenvalue weighted by Crippen LogP contribution is -2.04. The highest BCUT2D eigenvalue weighted by atomic mass is 16.5. The molecule has 0 unspecified atom stereocenters. The highest BCUT2D eigenvalue weighted by Crippen LogP contribution is 2.23. The van der Waals surface area contributed by atoms with Gasteiger partial charge in [0.05, 0.1) is 13.7 Å². The average molecular weight is 275 g/mol. The van der Waals surface area contributed by atoms with Crippen LogP contribution in [0.1, 0.15) is 28.7 Å². The largest absolute Gasteiger partial charge is 0.463 e. The van der Waals surface area contributed by atoms with Gasteiger partial charge in [-0.25, -0.2) is 9.78 Å². The van der Waals surface area contributed by atoms with Crippen molar-refractivity contribution in [3.05, 3.63) is 41.3 Å². The summed E-state index contributed by atoms with van der Waals surface area (Å²) in [5.41, 5.74) is 2.48. The number of carbonyl (C=O) groups excluding carboxylic acids is 1. The molecule has 0 aliphatic rings. The van der Waals surface area contributed by atoms with Gasteiger partial charge in [-0.3, -0.25) is 0 Å². The van der Waals surface area contributed by atoms with Crippen molar-refractivity contribution in [3.63, 3.8) is 0 Å². The van der Waals surface area contributed by atoms with Crippen LogP contribution in [0.3, 0.4) is 0 Å². The zero-order valence-corrected chi connectivity index (χ0v) is 11.8. The van der Waals surface area contributed by atoms with E-state index in [9.17, 15) is 4.79 Å². The van der Waals surface area contributed by atoms with E-state index in [4.69, 9.17) is 9.15 Å². The van der Waals surface area contributed by atoms with Crippen molar-refractivity contribution >= 4 is 5.97 Å². The lowest BCUT2D eigenvalue weighted by Gasteiger charge is -1.98. The molecule has 0 fully saturated rings. The monoisotopic (exact) mass is 275 g/mol. The van der Waals surface area contributed by atoms with Crippen LogP contribution in [-0.2, 0) is 22.5 Å². The van der Waals surface area contributed by atoms with E-state index < -0.39 is 5.97 Å². The molecule has 0 radical (unpaired) electrons. The molecular formula is C15H17NO4. The van der Waals surface area contributed by atoms with Crippen LogP contribution in [0.2, 0.25) is 0 Å². The predicted molar refractivity (Wildman–Crippen MR) is 73.4 cm³/mol. The molecule has 0 saturated heterocycles. The number of rotatable bonds is 5. The normalized spacial score (nSPS) is 10.6. The third-order valence-corrected chi connectivity index (χ3v) is 2.96. The average Bonchev–Trinajstić information content (AvgIpc) is 2.91. The van der Waals surface area contributed by atoms with Gasteiger partial charge in [0, 0.05) is 12.7 Å². The molecule has 0 bridgehead atoms. The van der Waals surface area contributed by atoms with Gasteiger partial charge in [-0.1, -0.05) is 19.1 Å². The van der Waals surface area contributed by atoms with E-state index in [1.165, 1.54) is 19.8 Å². The van der Waals surface area contributed by atoms with Crippen LogP contribution in [0.5, 0.6) is 0 Å². The summed E-state index contributed by atoms with van der Waals surface area (Å²) in [6.07, 6.45) is 0.966. The van der Waals surface area contributed by atoms with Gasteiger partial charge in [0.25, 0.3) is 0 Å². The summed E-state index contributed by atoms with van der Waals surface area (Å²) in [6, 6.07) is 7.85. The molecule has 20 heavy (non-hydrogen) atoms. The lowest BCUT2D eigenvalue weighted by atomic mass is 10.1. The maximum absolute atomic E-state index is 11.6. The number of benzene rings is 1. The van der Waals surface area contributed by atoms with E-state index in [-0.39, 0.29) is 12.4 Å². The fourth-order valence-corrected chi connectivity index (χ4v) is 1.84. The van der Waals surface area contributed by atoms with E-state index in [1.54, 1.807) is 0 Å². The first kappa shape index (κ1) is 14.3. The number of methoxy groups -OCH3 is 2. The van der Waals surface area contributed by atoms with Crippen molar-refractivity contribution in [3.8, 4) is 11.5 Å². The minimum Gasteiger partial charge on any atom is -0.463 e. The van der Waals surface area contributed by atoms with Crippen LogP contribution >= 0.6 is 0 Å². The standard InChI is InChI=1S/C15H17NO4/c1-4-10-5-7-11(8-6-10)14-16-12(9-18-2)13(20-14)15(17)19-3/h5-8H,4,9H2,1-3H3. The van der Waals surface area contributed by atoms with E-state index in [1.807, 2.05) is 24.3 Å². The number of hydrogen-bond acceptors (Lipinski definition) is 5. The summed E-state index contributed by atoms with van der Waals surface area (Å²) in [5, 5.41) is 0. The smallest absolute Gasteiger partial charge is 0.376 e. The van der Waals surface area contributed by atoms with Gasteiger partial charge in [-0.15, -0.1) is 0 Å². The Morgan fingerprint density at radius 2 is 1.95 bits per heavy atom. The first-order valence-electron chi connectivity index (χ1n) is 6.35. The van der Waals surface area contributed by atoms with Gasteiger partial charge >= 0.3 is 5.97 Å². The molecule has 2 rings (SSSR count). The summed E-state index contributed by atoms with van der Waals surface area (Å²) >= 11 is 0. The summed E-state index contributed by atoms with van der Waals surface area (Å²) in [7, 11) is 2.84. The second-order valence-electron chi connectivity index (χ2n) is 4.27. The minimum absolute atomic E-state index is 0.0870. The lowest BCUT2D eigenvalue weighted by molar-refractivity contribution is 0.0559. The van der Waals surface area contributed by atoms with Crippen LogP contribution in [0.15, 0.2) is 28.7 Å². The van der Waals surface area contributed by atoms with Crippen molar-refractivity contribution in [2.75, 3.05) is 14.2 Å². The molecule has 0 saturated carbocycles. The first-order valence-corrected chi connectivity index (χ1v) is 6.35. The third-order valence-electron chi connectivity index (χ3n) is 2.96. The Balaban J connectivity index is 2.38. The second kappa shape index (κ2) is 6.34. The van der Waals surface area contributed by atoms with Gasteiger partial charge < -0.3 is 13.9 Å². The zero-order chi connectivity index (χ0) is 14.5. The Hall–Kier alpha value is -2.14. The number of esters is 1. The molecule has 0 atom stereocenters. The van der Waals surface area contributed by atoms with Crippen LogP contribution in [0.4, 0.5) is 0 Å². The van der Waals surface area contributed by atoms with Gasteiger partial charge in [0.1, 0.15) is 5.69 Å². The predicted octanol–water partition coefficient (Wildman–Crippen LogP) is 2.84. The molecule has 5 nitrogen and oxygen atoms in total. The van der Waals surface area contributed by atoms with Gasteiger partial charge in [0.15, 0.2) is 0 Å². The highest BCUT2D eigenvalue weighted by Gasteiger charge is 2.21. The fraction of sp³-hybridized carbons (Fsp3) is 0.333. The summed E-state index contributed by atoms with van der Waals surface area (Å²) in [4.78, 5) is 15.9. The van der Waals surface area contributed by atoms with Gasteiger partial charge in [0.2, 0.25) is 11.7 Å². The molecule has 0 amide bonds. The van der Waals surface area contributed by atoms with E-state index in [0.29, 0.717) is 11.6 Å².